The standard InChI is InChI=1S/C22H22ClN5O3S/c1-30-22-26-25-18-13-24-20(15-4-2-3-5-17(15)23)16-12-14(32-21(16)28(18)22)6-7-19(29)27-8-10-31-11-9-27/h2-5,12H,6-11,13H2,1H3. The maximum Gasteiger partial charge on any atom is 0.322 e. The number of rotatable bonds is 5. The molecule has 1 fully saturated rings. The number of morpholine rings is 1. The van der Waals surface area contributed by atoms with Crippen LogP contribution in [0.15, 0.2) is 35.3 Å². The summed E-state index contributed by atoms with van der Waals surface area (Å²) in [5.74, 6) is 0.849. The van der Waals surface area contributed by atoms with Crippen molar-refractivity contribution in [3.8, 4) is 11.0 Å². The average Bonchev–Trinajstić information content (AvgIpc) is 3.39. The molecule has 166 valence electrons. The van der Waals surface area contributed by atoms with Crippen molar-refractivity contribution in [2.45, 2.75) is 19.4 Å². The summed E-state index contributed by atoms with van der Waals surface area (Å²) < 4.78 is 12.7. The molecule has 10 heteroatoms. The Morgan fingerprint density at radius 2 is 2.03 bits per heavy atom. The number of halogens is 1. The van der Waals surface area contributed by atoms with E-state index in [4.69, 9.17) is 26.1 Å². The number of amides is 1. The van der Waals surface area contributed by atoms with E-state index in [1.165, 1.54) is 0 Å². The molecule has 2 aliphatic heterocycles. The fraction of sp³-hybridized carbons (Fsp3) is 0.364. The Kier molecular flexibility index (Phi) is 5.95. The van der Waals surface area contributed by atoms with Crippen LogP contribution in [0.5, 0.6) is 6.01 Å². The summed E-state index contributed by atoms with van der Waals surface area (Å²) in [7, 11) is 1.58. The molecule has 0 spiro atoms. The molecule has 32 heavy (non-hydrogen) atoms. The van der Waals surface area contributed by atoms with Crippen LogP contribution in [-0.2, 0) is 22.5 Å². The highest BCUT2D eigenvalue weighted by atomic mass is 35.5. The van der Waals surface area contributed by atoms with Gasteiger partial charge < -0.3 is 14.4 Å². The number of hydrogen-bond donors (Lipinski definition) is 0. The monoisotopic (exact) mass is 471 g/mol. The van der Waals surface area contributed by atoms with Gasteiger partial charge in [0.15, 0.2) is 5.82 Å². The van der Waals surface area contributed by atoms with Gasteiger partial charge in [0.1, 0.15) is 11.5 Å². The third-order valence-corrected chi connectivity index (χ3v) is 7.07. The molecule has 1 aromatic carbocycles. The molecule has 0 unspecified atom stereocenters. The van der Waals surface area contributed by atoms with Crippen molar-refractivity contribution in [2.24, 2.45) is 4.99 Å². The number of methoxy groups -OCH3 is 1. The van der Waals surface area contributed by atoms with Crippen molar-refractivity contribution in [1.82, 2.24) is 19.7 Å². The first kappa shape index (κ1) is 21.1. The second kappa shape index (κ2) is 9.01. The largest absolute Gasteiger partial charge is 0.467 e. The van der Waals surface area contributed by atoms with E-state index < -0.39 is 0 Å². The van der Waals surface area contributed by atoms with Gasteiger partial charge in [-0.05, 0) is 18.6 Å². The van der Waals surface area contributed by atoms with Crippen LogP contribution in [0.2, 0.25) is 5.02 Å². The molecule has 0 aliphatic carbocycles. The van der Waals surface area contributed by atoms with Crippen LogP contribution in [0, 0.1) is 0 Å². The van der Waals surface area contributed by atoms with Crippen LogP contribution < -0.4 is 4.74 Å². The minimum Gasteiger partial charge on any atom is -0.467 e. The predicted octanol–water partition coefficient (Wildman–Crippen LogP) is 3.13. The van der Waals surface area contributed by atoms with Gasteiger partial charge in [-0.3, -0.25) is 9.79 Å². The molecule has 5 rings (SSSR count). The minimum absolute atomic E-state index is 0.152. The van der Waals surface area contributed by atoms with E-state index in [2.05, 4.69) is 16.3 Å². The smallest absolute Gasteiger partial charge is 0.322 e. The van der Waals surface area contributed by atoms with Crippen molar-refractivity contribution in [3.63, 3.8) is 0 Å². The average molecular weight is 472 g/mol. The molecule has 0 bridgehead atoms. The second-order valence-electron chi connectivity index (χ2n) is 7.51. The number of fused-ring (bicyclic) bond motifs is 3. The molecule has 3 aromatic rings. The topological polar surface area (TPSA) is 81.8 Å². The van der Waals surface area contributed by atoms with E-state index in [-0.39, 0.29) is 5.91 Å². The number of ether oxygens (including phenoxy) is 2. The lowest BCUT2D eigenvalue weighted by Gasteiger charge is -2.26. The molecule has 2 aromatic heterocycles. The molecule has 1 amide bonds. The van der Waals surface area contributed by atoms with Gasteiger partial charge in [0.25, 0.3) is 0 Å². The van der Waals surface area contributed by atoms with Gasteiger partial charge in [-0.2, -0.15) is 0 Å². The highest BCUT2D eigenvalue weighted by Crippen LogP contribution is 2.36. The van der Waals surface area contributed by atoms with Crippen molar-refractivity contribution < 1.29 is 14.3 Å². The number of nitrogens with zero attached hydrogens (tertiary/aromatic N) is 5. The lowest BCUT2D eigenvalue weighted by atomic mass is 10.0. The SMILES string of the molecule is COc1nnc2n1-c1sc(CCC(=O)N3CCOCC3)cc1C(c1ccccc1Cl)=NC2. The fourth-order valence-electron chi connectivity index (χ4n) is 3.95. The number of carbonyl (C=O) groups is 1. The van der Waals surface area contributed by atoms with Gasteiger partial charge in [-0.15, -0.1) is 16.4 Å². The highest BCUT2D eigenvalue weighted by molar-refractivity contribution is 7.15. The summed E-state index contributed by atoms with van der Waals surface area (Å²) >= 11 is 8.12. The third kappa shape index (κ3) is 3.92. The van der Waals surface area contributed by atoms with E-state index in [0.29, 0.717) is 62.5 Å². The Labute approximate surface area is 194 Å². The van der Waals surface area contributed by atoms with Gasteiger partial charge in [0.2, 0.25) is 5.91 Å². The van der Waals surface area contributed by atoms with Gasteiger partial charge in [0.05, 0.1) is 26.0 Å². The molecule has 0 atom stereocenters. The first-order valence-corrected chi connectivity index (χ1v) is 11.6. The normalized spacial score (nSPS) is 15.6. The molecule has 8 nitrogen and oxygen atoms in total. The third-order valence-electron chi connectivity index (χ3n) is 5.56. The number of thiophene rings is 1. The fourth-order valence-corrected chi connectivity index (χ4v) is 5.34. The van der Waals surface area contributed by atoms with Gasteiger partial charge in [-0.1, -0.05) is 34.9 Å². The van der Waals surface area contributed by atoms with E-state index in [1.807, 2.05) is 33.7 Å². The molecule has 0 radical (unpaired) electrons. The summed E-state index contributed by atoms with van der Waals surface area (Å²) in [4.78, 5) is 20.4. The van der Waals surface area contributed by atoms with Crippen molar-refractivity contribution in [2.75, 3.05) is 33.4 Å². The van der Waals surface area contributed by atoms with Crippen LogP contribution in [0.3, 0.4) is 0 Å². The number of carbonyl (C=O) groups excluding carboxylic acids is 1. The van der Waals surface area contributed by atoms with Crippen LogP contribution in [-0.4, -0.2) is 64.7 Å². The summed E-state index contributed by atoms with van der Waals surface area (Å²) in [5.41, 5.74) is 2.61. The molecular weight excluding hydrogens is 450 g/mol. The van der Waals surface area contributed by atoms with Crippen LogP contribution in [0.1, 0.15) is 28.2 Å². The number of aromatic nitrogens is 3. The minimum atomic E-state index is 0.152. The summed E-state index contributed by atoms with van der Waals surface area (Å²) in [6.45, 7) is 2.89. The van der Waals surface area contributed by atoms with E-state index in [1.54, 1.807) is 18.4 Å². The first-order valence-electron chi connectivity index (χ1n) is 10.4. The quantitative estimate of drug-likeness (QED) is 0.571. The lowest BCUT2D eigenvalue weighted by Crippen LogP contribution is -2.40. The van der Waals surface area contributed by atoms with Crippen LogP contribution in [0.25, 0.3) is 5.00 Å². The summed E-state index contributed by atoms with van der Waals surface area (Å²) in [6.07, 6.45) is 1.09. The van der Waals surface area contributed by atoms with Gasteiger partial charge in [-0.25, -0.2) is 4.57 Å². The van der Waals surface area contributed by atoms with E-state index in [9.17, 15) is 4.79 Å². The zero-order chi connectivity index (χ0) is 22.1. The maximum absolute atomic E-state index is 12.6. The predicted molar refractivity (Wildman–Crippen MR) is 122 cm³/mol. The van der Waals surface area contributed by atoms with Gasteiger partial charge >= 0.3 is 6.01 Å². The number of aryl methyl sites for hydroxylation is 1. The molecule has 0 N–H and O–H groups in total. The van der Waals surface area contributed by atoms with Crippen LogP contribution >= 0.6 is 22.9 Å². The maximum atomic E-state index is 12.6. The Morgan fingerprint density at radius 3 is 2.81 bits per heavy atom. The lowest BCUT2D eigenvalue weighted by molar-refractivity contribution is -0.135. The molecule has 1 saturated heterocycles. The first-order chi connectivity index (χ1) is 15.7. The zero-order valence-electron chi connectivity index (χ0n) is 17.6. The summed E-state index contributed by atoms with van der Waals surface area (Å²) in [5, 5.41) is 9.97. The Bertz CT molecular complexity index is 1180. The number of aliphatic imine (C=N–C) groups is 1. The Balaban J connectivity index is 1.50. The zero-order valence-corrected chi connectivity index (χ0v) is 19.2. The Hall–Kier alpha value is -2.75. The number of hydrogen-bond acceptors (Lipinski definition) is 7. The number of benzene rings is 1. The van der Waals surface area contributed by atoms with Crippen molar-refractivity contribution in [1.29, 1.82) is 0 Å². The Morgan fingerprint density at radius 1 is 1.22 bits per heavy atom. The molecule has 4 heterocycles. The second-order valence-corrected chi connectivity index (χ2v) is 9.03. The van der Waals surface area contributed by atoms with Crippen molar-refractivity contribution in [3.05, 3.63) is 57.2 Å². The van der Waals surface area contributed by atoms with E-state index in [0.717, 1.165) is 26.7 Å². The molecule has 2 aliphatic rings. The summed E-state index contributed by atoms with van der Waals surface area (Å²) in [6, 6.07) is 10.2. The molecule has 0 saturated carbocycles. The molecular formula is C22H22ClN5O3S. The van der Waals surface area contributed by atoms with Gasteiger partial charge in [0, 0.05) is 40.5 Å². The van der Waals surface area contributed by atoms with Crippen LogP contribution in [0.4, 0.5) is 0 Å². The van der Waals surface area contributed by atoms with Crippen molar-refractivity contribution >= 4 is 34.6 Å². The van der Waals surface area contributed by atoms with E-state index >= 15 is 0 Å². The highest BCUT2D eigenvalue weighted by Gasteiger charge is 2.27.